The summed E-state index contributed by atoms with van der Waals surface area (Å²) in [4.78, 5) is 15.4. The van der Waals surface area contributed by atoms with E-state index in [1.807, 2.05) is 13.8 Å². The molecule has 1 N–H and O–H groups in total. The lowest BCUT2D eigenvalue weighted by atomic mass is 10.0. The molecule has 1 rings (SSSR count). The van der Waals surface area contributed by atoms with E-state index in [1.54, 1.807) is 7.11 Å². The number of ether oxygens (including phenoxy) is 1. The van der Waals surface area contributed by atoms with Crippen LogP contribution in [0.2, 0.25) is 0 Å². The average Bonchev–Trinajstić information content (AvgIpc) is 2.28. The van der Waals surface area contributed by atoms with E-state index in [0.29, 0.717) is 6.61 Å². The van der Waals surface area contributed by atoms with Gasteiger partial charge in [-0.2, -0.15) is 0 Å². The largest absolute Gasteiger partial charge is 0.383 e. The molecule has 0 aliphatic carbocycles. The van der Waals surface area contributed by atoms with Crippen molar-refractivity contribution in [3.8, 4) is 0 Å². The maximum atomic E-state index is 13.3. The zero-order chi connectivity index (χ0) is 12.8. The van der Waals surface area contributed by atoms with E-state index in [9.17, 15) is 9.18 Å². The van der Waals surface area contributed by atoms with Gasteiger partial charge in [0.25, 0.3) is 5.91 Å². The van der Waals surface area contributed by atoms with E-state index in [2.05, 4.69) is 10.3 Å². The maximum Gasteiger partial charge on any atom is 0.254 e. The molecule has 17 heavy (non-hydrogen) atoms. The summed E-state index contributed by atoms with van der Waals surface area (Å²) in [5.74, 6) is -0.852. The third-order valence-corrected chi connectivity index (χ3v) is 2.48. The Kier molecular flexibility index (Phi) is 5.03. The van der Waals surface area contributed by atoms with Crippen LogP contribution in [0.5, 0.6) is 0 Å². The second-order valence-electron chi connectivity index (χ2n) is 4.13. The molecule has 0 aliphatic rings. The molecule has 0 radical (unpaired) electrons. The molecule has 1 aromatic rings. The number of amides is 1. The van der Waals surface area contributed by atoms with Gasteiger partial charge in [-0.3, -0.25) is 9.78 Å². The molecule has 0 saturated carbocycles. The Morgan fingerprint density at radius 1 is 1.59 bits per heavy atom. The molecule has 1 heterocycles. The molecule has 0 spiro atoms. The van der Waals surface area contributed by atoms with Crippen molar-refractivity contribution in [3.63, 3.8) is 0 Å². The third-order valence-electron chi connectivity index (χ3n) is 2.48. The van der Waals surface area contributed by atoms with Crippen molar-refractivity contribution < 1.29 is 13.9 Å². The molecule has 1 amide bonds. The minimum atomic E-state index is -0.620. The lowest BCUT2D eigenvalue weighted by molar-refractivity contribution is 0.0862. The molecule has 0 aromatic carbocycles. The van der Waals surface area contributed by atoms with Gasteiger partial charge in [0, 0.05) is 13.3 Å². The second-order valence-corrected chi connectivity index (χ2v) is 4.13. The summed E-state index contributed by atoms with van der Waals surface area (Å²) in [6.07, 6.45) is 2.41. The monoisotopic (exact) mass is 240 g/mol. The first kappa shape index (κ1) is 13.6. The summed E-state index contributed by atoms with van der Waals surface area (Å²) in [6, 6.07) is 1.22. The Morgan fingerprint density at radius 2 is 2.29 bits per heavy atom. The van der Waals surface area contributed by atoms with Crippen molar-refractivity contribution in [2.75, 3.05) is 13.7 Å². The SMILES string of the molecule is COCC(NC(=O)c1ccncc1F)C(C)C. The van der Waals surface area contributed by atoms with Gasteiger partial charge in [0.1, 0.15) is 0 Å². The number of aromatic nitrogens is 1. The minimum Gasteiger partial charge on any atom is -0.383 e. The predicted octanol–water partition coefficient (Wildman–Crippen LogP) is 1.62. The molecule has 0 bridgehead atoms. The van der Waals surface area contributed by atoms with Crippen LogP contribution in [0.4, 0.5) is 4.39 Å². The molecule has 1 aromatic heterocycles. The van der Waals surface area contributed by atoms with Gasteiger partial charge in [0.15, 0.2) is 5.82 Å². The smallest absolute Gasteiger partial charge is 0.254 e. The van der Waals surface area contributed by atoms with E-state index >= 15 is 0 Å². The summed E-state index contributed by atoms with van der Waals surface area (Å²) in [7, 11) is 1.56. The lowest BCUT2D eigenvalue weighted by Gasteiger charge is -2.21. The number of hydrogen-bond acceptors (Lipinski definition) is 3. The number of carbonyl (C=O) groups is 1. The van der Waals surface area contributed by atoms with Crippen molar-refractivity contribution in [2.24, 2.45) is 5.92 Å². The van der Waals surface area contributed by atoms with Crippen LogP contribution in [-0.4, -0.2) is 30.6 Å². The van der Waals surface area contributed by atoms with Gasteiger partial charge in [-0.15, -0.1) is 0 Å². The highest BCUT2D eigenvalue weighted by atomic mass is 19.1. The van der Waals surface area contributed by atoms with Crippen LogP contribution >= 0.6 is 0 Å². The van der Waals surface area contributed by atoms with Crippen molar-refractivity contribution in [1.29, 1.82) is 0 Å². The molecule has 5 heteroatoms. The minimum absolute atomic E-state index is 0.00162. The fraction of sp³-hybridized carbons (Fsp3) is 0.500. The molecule has 4 nitrogen and oxygen atoms in total. The Morgan fingerprint density at radius 3 is 2.82 bits per heavy atom. The zero-order valence-corrected chi connectivity index (χ0v) is 10.2. The Balaban J connectivity index is 2.74. The quantitative estimate of drug-likeness (QED) is 0.851. The van der Waals surface area contributed by atoms with Gasteiger partial charge < -0.3 is 10.1 Å². The van der Waals surface area contributed by atoms with Crippen molar-refractivity contribution in [3.05, 3.63) is 29.8 Å². The Labute approximate surface area is 100 Å². The van der Waals surface area contributed by atoms with Crippen LogP contribution < -0.4 is 5.32 Å². The number of nitrogens with one attached hydrogen (secondary N) is 1. The number of halogens is 1. The third kappa shape index (κ3) is 3.78. The van der Waals surface area contributed by atoms with Gasteiger partial charge >= 0.3 is 0 Å². The summed E-state index contributed by atoms with van der Waals surface area (Å²) in [5.41, 5.74) is 0.00162. The van der Waals surface area contributed by atoms with Gasteiger partial charge in [0.2, 0.25) is 0 Å². The molecule has 0 aliphatic heterocycles. The Hall–Kier alpha value is -1.49. The molecular formula is C12H17FN2O2. The summed E-state index contributed by atoms with van der Waals surface area (Å²) >= 11 is 0. The van der Waals surface area contributed by atoms with Crippen molar-refractivity contribution in [1.82, 2.24) is 10.3 Å². The summed E-state index contributed by atoms with van der Waals surface area (Å²) in [6.45, 7) is 4.33. The van der Waals surface area contributed by atoms with Crippen LogP contribution in [0.1, 0.15) is 24.2 Å². The molecule has 0 fully saturated rings. The predicted molar refractivity (Wildman–Crippen MR) is 62.2 cm³/mol. The summed E-state index contributed by atoms with van der Waals surface area (Å²) < 4.78 is 18.3. The van der Waals surface area contributed by atoms with E-state index in [4.69, 9.17) is 4.74 Å². The normalized spacial score (nSPS) is 12.5. The maximum absolute atomic E-state index is 13.3. The number of rotatable bonds is 5. The van der Waals surface area contributed by atoms with Crippen LogP contribution in [0, 0.1) is 11.7 Å². The van der Waals surface area contributed by atoms with Crippen LogP contribution in [0.15, 0.2) is 18.5 Å². The number of hydrogen-bond donors (Lipinski definition) is 1. The van der Waals surface area contributed by atoms with Gasteiger partial charge in [0.05, 0.1) is 24.4 Å². The molecule has 1 unspecified atom stereocenters. The number of nitrogens with zero attached hydrogens (tertiary/aromatic N) is 1. The molecular weight excluding hydrogens is 223 g/mol. The number of pyridine rings is 1. The number of methoxy groups -OCH3 is 1. The fourth-order valence-corrected chi connectivity index (χ4v) is 1.39. The standard InChI is InChI=1S/C12H17FN2O2/c1-8(2)11(7-17-3)15-12(16)9-4-5-14-6-10(9)13/h4-6,8,11H,7H2,1-3H3,(H,15,16). The van der Waals surface area contributed by atoms with Crippen molar-refractivity contribution >= 4 is 5.91 Å². The van der Waals surface area contributed by atoms with Crippen LogP contribution in [0.3, 0.4) is 0 Å². The van der Waals surface area contributed by atoms with E-state index in [-0.39, 0.29) is 17.5 Å². The molecule has 1 atom stereocenters. The van der Waals surface area contributed by atoms with E-state index in [0.717, 1.165) is 6.20 Å². The van der Waals surface area contributed by atoms with E-state index < -0.39 is 11.7 Å². The van der Waals surface area contributed by atoms with Gasteiger partial charge in [-0.1, -0.05) is 13.8 Å². The zero-order valence-electron chi connectivity index (χ0n) is 10.2. The van der Waals surface area contributed by atoms with Gasteiger partial charge in [-0.05, 0) is 12.0 Å². The summed E-state index contributed by atoms with van der Waals surface area (Å²) in [5, 5.41) is 2.74. The Bertz CT molecular complexity index is 383. The average molecular weight is 240 g/mol. The first-order valence-electron chi connectivity index (χ1n) is 5.45. The highest BCUT2D eigenvalue weighted by Gasteiger charge is 2.18. The number of carbonyl (C=O) groups excluding carboxylic acids is 1. The highest BCUT2D eigenvalue weighted by Crippen LogP contribution is 2.07. The van der Waals surface area contributed by atoms with Crippen LogP contribution in [0.25, 0.3) is 0 Å². The topological polar surface area (TPSA) is 51.2 Å². The fourth-order valence-electron chi connectivity index (χ4n) is 1.39. The lowest BCUT2D eigenvalue weighted by Crippen LogP contribution is -2.41. The van der Waals surface area contributed by atoms with Gasteiger partial charge in [-0.25, -0.2) is 4.39 Å². The van der Waals surface area contributed by atoms with Crippen molar-refractivity contribution in [2.45, 2.75) is 19.9 Å². The van der Waals surface area contributed by atoms with Crippen LogP contribution in [-0.2, 0) is 4.74 Å². The molecule has 94 valence electrons. The second kappa shape index (κ2) is 6.30. The first-order chi connectivity index (χ1) is 8.06. The molecule has 0 saturated heterocycles. The van der Waals surface area contributed by atoms with E-state index in [1.165, 1.54) is 12.3 Å². The first-order valence-corrected chi connectivity index (χ1v) is 5.45. The highest BCUT2D eigenvalue weighted by molar-refractivity contribution is 5.94.